The Balaban J connectivity index is 1.47. The summed E-state index contributed by atoms with van der Waals surface area (Å²) in [6.45, 7) is 7.60. The SMILES string of the molecule is C[C@H](Cc1cccc(C2(C)COCC(C)(C)CS(=O)(=O)CCc3c(c(F)cc4[nH]ccc34)Oc3cccc(c3)-c3nc2nn3C)c1)C(=O)O. The maximum absolute atomic E-state index is 15.7. The predicted molar refractivity (Wildman–Crippen MR) is 185 cm³/mol. The number of aromatic nitrogens is 4. The van der Waals surface area contributed by atoms with Crippen molar-refractivity contribution < 1.29 is 32.2 Å². The standard InChI is InChI=1S/C37H41FN4O6S/c1-23(34(43)44)16-24-8-6-10-26(17-24)37(4)21-47-20-36(2,3)22-49(45,46)15-13-29-28-12-14-39-31(28)19-30(38)32(29)48-27-11-7-9-25(18-27)33-40-35(37)41-42(33)5/h6-12,14,17-19,23,39H,13,15-16,20-22H2,1-5H3,(H,43,44)/t23-,37?/m1/s1. The molecule has 3 aromatic carbocycles. The van der Waals surface area contributed by atoms with Gasteiger partial charge < -0.3 is 19.6 Å². The summed E-state index contributed by atoms with van der Waals surface area (Å²) in [5.74, 6) is -1.04. The predicted octanol–water partition coefficient (Wildman–Crippen LogP) is 6.48. The van der Waals surface area contributed by atoms with Crippen molar-refractivity contribution in [2.24, 2.45) is 18.4 Å². The minimum absolute atomic E-state index is 0.0218. The first-order valence-corrected chi connectivity index (χ1v) is 18.0. The largest absolute Gasteiger partial charge is 0.481 e. The maximum Gasteiger partial charge on any atom is 0.306 e. The zero-order valence-electron chi connectivity index (χ0n) is 28.3. The summed E-state index contributed by atoms with van der Waals surface area (Å²) in [6, 6.07) is 17.9. The van der Waals surface area contributed by atoms with Gasteiger partial charge in [-0.25, -0.2) is 22.5 Å². The summed E-state index contributed by atoms with van der Waals surface area (Å²) in [5, 5.41) is 15.1. The van der Waals surface area contributed by atoms with Gasteiger partial charge in [0.1, 0.15) is 5.75 Å². The van der Waals surface area contributed by atoms with Crippen molar-refractivity contribution in [1.82, 2.24) is 19.7 Å². The molecule has 0 saturated heterocycles. The number of carbonyl (C=O) groups is 1. The van der Waals surface area contributed by atoms with Crippen LogP contribution >= 0.6 is 0 Å². The van der Waals surface area contributed by atoms with E-state index in [2.05, 4.69) is 4.98 Å². The van der Waals surface area contributed by atoms with Gasteiger partial charge in [-0.1, -0.05) is 57.2 Å². The maximum atomic E-state index is 15.7. The lowest BCUT2D eigenvalue weighted by atomic mass is 9.81. The van der Waals surface area contributed by atoms with Gasteiger partial charge in [0.05, 0.1) is 36.1 Å². The van der Waals surface area contributed by atoms with Crippen molar-refractivity contribution in [1.29, 1.82) is 0 Å². The normalized spacial score (nSPS) is 20.0. The molecule has 12 heteroatoms. The van der Waals surface area contributed by atoms with Crippen LogP contribution in [0.4, 0.5) is 4.39 Å². The molecule has 1 aliphatic heterocycles. The number of ether oxygens (including phenoxy) is 2. The summed E-state index contributed by atoms with van der Waals surface area (Å²) in [6.07, 6.45) is 2.09. The summed E-state index contributed by atoms with van der Waals surface area (Å²) >= 11 is 0. The van der Waals surface area contributed by atoms with Gasteiger partial charge in [0.2, 0.25) is 0 Å². The van der Waals surface area contributed by atoms with E-state index in [9.17, 15) is 18.3 Å². The molecule has 0 spiro atoms. The molecule has 0 amide bonds. The molecule has 10 nitrogen and oxygen atoms in total. The number of benzene rings is 3. The Labute approximate surface area is 285 Å². The molecule has 0 saturated carbocycles. The number of aliphatic carboxylic acids is 1. The first kappa shape index (κ1) is 34.3. The van der Waals surface area contributed by atoms with Crippen LogP contribution in [-0.4, -0.2) is 64.0 Å². The summed E-state index contributed by atoms with van der Waals surface area (Å²) < 4.78 is 57.1. The Bertz CT molecular complexity index is 2140. The second-order valence-electron chi connectivity index (χ2n) is 14.1. The highest BCUT2D eigenvalue weighted by molar-refractivity contribution is 7.91. The number of carboxylic acids is 1. The number of H-pyrrole nitrogens is 1. The number of halogens is 1. The van der Waals surface area contributed by atoms with E-state index in [1.54, 1.807) is 49.1 Å². The Morgan fingerprint density at radius 2 is 1.88 bits per heavy atom. The van der Waals surface area contributed by atoms with Crippen LogP contribution in [0.1, 0.15) is 50.2 Å². The highest BCUT2D eigenvalue weighted by Crippen LogP contribution is 2.38. The van der Waals surface area contributed by atoms with E-state index >= 15 is 4.39 Å². The Hall–Kier alpha value is -4.55. The molecule has 0 fully saturated rings. The number of nitrogens with one attached hydrogen (secondary N) is 1. The van der Waals surface area contributed by atoms with Gasteiger partial charge in [0.25, 0.3) is 0 Å². The van der Waals surface area contributed by atoms with Gasteiger partial charge in [-0.15, -0.1) is 0 Å². The third-order valence-corrected chi connectivity index (χ3v) is 11.2. The number of rotatable bonds is 4. The highest BCUT2D eigenvalue weighted by Gasteiger charge is 2.37. The van der Waals surface area contributed by atoms with Gasteiger partial charge in [-0.2, -0.15) is 5.10 Å². The Morgan fingerprint density at radius 1 is 1.10 bits per heavy atom. The Morgan fingerprint density at radius 3 is 2.65 bits per heavy atom. The molecule has 49 heavy (non-hydrogen) atoms. The summed E-state index contributed by atoms with van der Waals surface area (Å²) in [4.78, 5) is 19.6. The van der Waals surface area contributed by atoms with E-state index in [1.807, 2.05) is 51.1 Å². The van der Waals surface area contributed by atoms with E-state index in [0.29, 0.717) is 45.8 Å². The third kappa shape index (κ3) is 7.25. The van der Waals surface area contributed by atoms with Crippen molar-refractivity contribution in [2.45, 2.75) is 46.0 Å². The summed E-state index contributed by atoms with van der Waals surface area (Å²) in [7, 11) is -1.83. The van der Waals surface area contributed by atoms with E-state index in [4.69, 9.17) is 19.6 Å². The van der Waals surface area contributed by atoms with Crippen molar-refractivity contribution in [2.75, 3.05) is 24.7 Å². The average Bonchev–Trinajstić information content (AvgIpc) is 3.66. The van der Waals surface area contributed by atoms with Crippen LogP contribution in [0.3, 0.4) is 0 Å². The quantitative estimate of drug-likeness (QED) is 0.219. The fourth-order valence-electron chi connectivity index (χ4n) is 6.53. The number of sulfone groups is 1. The highest BCUT2D eigenvalue weighted by atomic mass is 32.2. The smallest absolute Gasteiger partial charge is 0.306 e. The number of aromatic amines is 1. The monoisotopic (exact) mass is 688 g/mol. The molecule has 0 radical (unpaired) electrons. The second-order valence-corrected chi connectivity index (χ2v) is 16.3. The number of hydrogen-bond donors (Lipinski definition) is 2. The molecular formula is C37H41FN4O6S. The van der Waals surface area contributed by atoms with E-state index in [0.717, 1.165) is 11.1 Å². The first-order chi connectivity index (χ1) is 23.1. The van der Waals surface area contributed by atoms with Crippen molar-refractivity contribution in [3.8, 4) is 22.9 Å². The van der Waals surface area contributed by atoms with Crippen LogP contribution in [0.5, 0.6) is 11.5 Å². The zero-order chi connectivity index (χ0) is 35.1. The minimum atomic E-state index is -3.62. The van der Waals surface area contributed by atoms with Crippen LogP contribution < -0.4 is 4.74 Å². The lowest BCUT2D eigenvalue weighted by molar-refractivity contribution is -0.141. The molecule has 6 rings (SSSR count). The number of fused-ring (bicyclic) bond motifs is 8. The number of nitrogens with zero attached hydrogens (tertiary/aromatic N) is 3. The molecule has 5 aromatic rings. The van der Waals surface area contributed by atoms with Gasteiger partial charge in [0, 0.05) is 46.8 Å². The molecule has 0 aliphatic carbocycles. The topological polar surface area (TPSA) is 136 Å². The van der Waals surface area contributed by atoms with Crippen molar-refractivity contribution >= 4 is 26.7 Å². The van der Waals surface area contributed by atoms with Crippen molar-refractivity contribution in [3.05, 3.63) is 95.2 Å². The molecule has 2 N–H and O–H groups in total. The number of hydrogen-bond acceptors (Lipinski definition) is 7. The fourth-order valence-corrected chi connectivity index (χ4v) is 8.46. The molecule has 2 atom stereocenters. The van der Waals surface area contributed by atoms with Crippen LogP contribution in [-0.2, 0) is 44.7 Å². The average molecular weight is 689 g/mol. The fraction of sp³-hybridized carbons (Fsp3) is 0.378. The van der Waals surface area contributed by atoms with Crippen molar-refractivity contribution in [3.63, 3.8) is 0 Å². The number of aryl methyl sites for hydroxylation is 2. The molecular weight excluding hydrogens is 647 g/mol. The molecule has 1 aliphatic rings. The molecule has 1 unspecified atom stereocenters. The van der Waals surface area contributed by atoms with Crippen LogP contribution in [0, 0.1) is 17.2 Å². The van der Waals surface area contributed by atoms with Crippen LogP contribution in [0.2, 0.25) is 0 Å². The van der Waals surface area contributed by atoms with E-state index in [1.165, 1.54) is 6.07 Å². The lowest BCUT2D eigenvalue weighted by Crippen LogP contribution is -2.36. The lowest BCUT2D eigenvalue weighted by Gasteiger charge is -2.31. The zero-order valence-corrected chi connectivity index (χ0v) is 29.1. The molecule has 258 valence electrons. The first-order valence-electron chi connectivity index (χ1n) is 16.2. The minimum Gasteiger partial charge on any atom is -0.481 e. The van der Waals surface area contributed by atoms with Gasteiger partial charge in [-0.05, 0) is 49.1 Å². The third-order valence-electron chi connectivity index (χ3n) is 9.12. The van der Waals surface area contributed by atoms with Gasteiger partial charge >= 0.3 is 5.97 Å². The molecule has 3 heterocycles. The van der Waals surface area contributed by atoms with Crippen LogP contribution in [0.15, 0.2) is 66.9 Å². The number of carboxylic acid groups (broad SMARTS) is 1. The molecule has 2 aromatic heterocycles. The Kier molecular flexibility index (Phi) is 9.14. The van der Waals surface area contributed by atoms with Gasteiger partial charge in [-0.3, -0.25) is 4.79 Å². The van der Waals surface area contributed by atoms with Gasteiger partial charge in [0.15, 0.2) is 33.1 Å². The molecule has 4 bridgehead atoms. The van der Waals surface area contributed by atoms with E-state index < -0.39 is 38.4 Å². The van der Waals surface area contributed by atoms with Crippen LogP contribution in [0.25, 0.3) is 22.3 Å². The second kappa shape index (κ2) is 13.1. The van der Waals surface area contributed by atoms with E-state index in [-0.39, 0.29) is 36.9 Å². The summed E-state index contributed by atoms with van der Waals surface area (Å²) in [5.41, 5.74) is 1.74.